The van der Waals surface area contributed by atoms with Gasteiger partial charge in [0.1, 0.15) is 11.8 Å². The Morgan fingerprint density at radius 1 is 1.38 bits per heavy atom. The van der Waals surface area contributed by atoms with Crippen molar-refractivity contribution in [3.8, 4) is 0 Å². The molecule has 2 aromatic rings. The first-order valence-corrected chi connectivity index (χ1v) is 6.99. The second-order valence-corrected chi connectivity index (χ2v) is 4.87. The van der Waals surface area contributed by atoms with Crippen LogP contribution in [-0.2, 0) is 9.53 Å². The van der Waals surface area contributed by atoms with Crippen LogP contribution in [0.1, 0.15) is 30.9 Å². The molecule has 1 heterocycles. The molecule has 0 bridgehead atoms. The highest BCUT2D eigenvalue weighted by Crippen LogP contribution is 2.13. The number of carbonyl (C=O) groups excluding carboxylic acids is 1. The van der Waals surface area contributed by atoms with Crippen LogP contribution < -0.4 is 5.43 Å². The highest BCUT2D eigenvalue weighted by molar-refractivity contribution is 5.88. The molecule has 0 spiro atoms. The lowest BCUT2D eigenvalue weighted by molar-refractivity contribution is -0.137. The number of aryl methyl sites for hydroxylation is 1. The van der Waals surface area contributed by atoms with Crippen molar-refractivity contribution in [2.45, 2.75) is 26.7 Å². The molecule has 0 aliphatic heterocycles. The van der Waals surface area contributed by atoms with Crippen LogP contribution in [0.25, 0.3) is 17.0 Å². The molecule has 0 saturated carbocycles. The minimum atomic E-state index is -0.452. The maximum absolute atomic E-state index is 12.3. The Morgan fingerprint density at radius 3 is 2.95 bits per heavy atom. The topological polar surface area (TPSA) is 56.5 Å². The fourth-order valence-corrected chi connectivity index (χ4v) is 1.90. The van der Waals surface area contributed by atoms with Gasteiger partial charge in [-0.1, -0.05) is 25.0 Å². The van der Waals surface area contributed by atoms with E-state index >= 15 is 0 Å². The molecule has 0 radical (unpaired) electrons. The van der Waals surface area contributed by atoms with Gasteiger partial charge in [0, 0.05) is 6.08 Å². The number of fused-ring (bicyclic) bond motifs is 1. The molecule has 2 rings (SSSR count). The molecule has 0 amide bonds. The van der Waals surface area contributed by atoms with Crippen LogP contribution in [0, 0.1) is 6.92 Å². The van der Waals surface area contributed by atoms with Gasteiger partial charge >= 0.3 is 5.97 Å². The molecule has 21 heavy (non-hydrogen) atoms. The summed E-state index contributed by atoms with van der Waals surface area (Å²) >= 11 is 0. The van der Waals surface area contributed by atoms with E-state index in [9.17, 15) is 9.59 Å². The smallest absolute Gasteiger partial charge is 0.330 e. The van der Waals surface area contributed by atoms with Crippen molar-refractivity contribution < 1.29 is 13.9 Å². The average Bonchev–Trinajstić information content (AvgIpc) is 2.47. The Morgan fingerprint density at radius 2 is 2.19 bits per heavy atom. The van der Waals surface area contributed by atoms with Gasteiger partial charge in [-0.2, -0.15) is 0 Å². The van der Waals surface area contributed by atoms with Crippen LogP contribution in [0.2, 0.25) is 0 Å². The minimum absolute atomic E-state index is 0.155. The molecule has 110 valence electrons. The lowest BCUT2D eigenvalue weighted by Gasteiger charge is -2.00. The van der Waals surface area contributed by atoms with Crippen LogP contribution in [0.4, 0.5) is 0 Å². The average molecular weight is 286 g/mol. The highest BCUT2D eigenvalue weighted by atomic mass is 16.5. The van der Waals surface area contributed by atoms with Gasteiger partial charge in [0.05, 0.1) is 17.6 Å². The Hall–Kier alpha value is -2.36. The summed E-state index contributed by atoms with van der Waals surface area (Å²) in [6.07, 6.45) is 5.84. The predicted octanol–water partition coefficient (Wildman–Crippen LogP) is 3.46. The van der Waals surface area contributed by atoms with E-state index in [-0.39, 0.29) is 5.43 Å². The number of rotatable bonds is 5. The van der Waals surface area contributed by atoms with Gasteiger partial charge in [0.15, 0.2) is 5.43 Å². The number of hydrogen-bond donors (Lipinski definition) is 0. The van der Waals surface area contributed by atoms with E-state index in [1.807, 2.05) is 19.9 Å². The van der Waals surface area contributed by atoms with E-state index in [1.165, 1.54) is 18.4 Å². The van der Waals surface area contributed by atoms with Crippen LogP contribution in [0.15, 0.2) is 39.7 Å². The van der Waals surface area contributed by atoms with Crippen molar-refractivity contribution in [2.75, 3.05) is 6.61 Å². The fourth-order valence-electron chi connectivity index (χ4n) is 1.90. The van der Waals surface area contributed by atoms with Gasteiger partial charge in [-0.25, -0.2) is 4.79 Å². The summed E-state index contributed by atoms with van der Waals surface area (Å²) < 4.78 is 10.4. The molecule has 0 aliphatic rings. The van der Waals surface area contributed by atoms with Gasteiger partial charge in [-0.3, -0.25) is 4.79 Å². The third-order valence-corrected chi connectivity index (χ3v) is 3.10. The lowest BCUT2D eigenvalue weighted by atomic mass is 10.1. The predicted molar refractivity (Wildman–Crippen MR) is 82.1 cm³/mol. The molecule has 0 fully saturated rings. The molecule has 1 aromatic heterocycles. The van der Waals surface area contributed by atoms with Crippen LogP contribution in [0.3, 0.4) is 0 Å². The molecule has 1 aromatic carbocycles. The number of unbranched alkanes of at least 4 members (excludes halogenated alkanes) is 1. The normalized spacial score (nSPS) is 11.1. The van der Waals surface area contributed by atoms with Crippen LogP contribution in [0.5, 0.6) is 0 Å². The number of hydrogen-bond acceptors (Lipinski definition) is 4. The molecule has 0 N–H and O–H groups in total. The molecule has 0 saturated heterocycles. The number of ether oxygens (including phenoxy) is 1. The maximum Gasteiger partial charge on any atom is 0.330 e. The van der Waals surface area contributed by atoms with Crippen molar-refractivity contribution in [2.24, 2.45) is 0 Å². The Balaban J connectivity index is 2.21. The van der Waals surface area contributed by atoms with E-state index < -0.39 is 5.97 Å². The summed E-state index contributed by atoms with van der Waals surface area (Å²) in [7, 11) is 0. The Kier molecular flexibility index (Phi) is 4.93. The van der Waals surface area contributed by atoms with Crippen molar-refractivity contribution in [1.82, 2.24) is 0 Å². The second kappa shape index (κ2) is 6.88. The van der Waals surface area contributed by atoms with E-state index in [2.05, 4.69) is 0 Å². The fraction of sp³-hybridized carbons (Fsp3) is 0.294. The van der Waals surface area contributed by atoms with Gasteiger partial charge in [-0.05, 0) is 31.6 Å². The zero-order chi connectivity index (χ0) is 15.2. The van der Waals surface area contributed by atoms with E-state index in [0.29, 0.717) is 23.1 Å². The summed E-state index contributed by atoms with van der Waals surface area (Å²) in [5.41, 5.74) is 1.70. The van der Waals surface area contributed by atoms with Gasteiger partial charge < -0.3 is 9.15 Å². The molecule has 0 unspecified atom stereocenters. The largest absolute Gasteiger partial charge is 0.463 e. The van der Waals surface area contributed by atoms with Crippen molar-refractivity contribution >= 4 is 23.0 Å². The van der Waals surface area contributed by atoms with Crippen molar-refractivity contribution in [1.29, 1.82) is 0 Å². The highest BCUT2D eigenvalue weighted by Gasteiger charge is 2.05. The third kappa shape index (κ3) is 3.81. The maximum atomic E-state index is 12.3. The lowest BCUT2D eigenvalue weighted by Crippen LogP contribution is -2.06. The molecular formula is C17H18O4. The van der Waals surface area contributed by atoms with E-state index in [4.69, 9.17) is 9.15 Å². The van der Waals surface area contributed by atoms with E-state index in [0.717, 1.165) is 18.4 Å². The van der Waals surface area contributed by atoms with Crippen molar-refractivity contribution in [3.63, 3.8) is 0 Å². The summed E-state index contributed by atoms with van der Waals surface area (Å²) in [4.78, 5) is 23.8. The minimum Gasteiger partial charge on any atom is -0.463 e. The van der Waals surface area contributed by atoms with Gasteiger partial charge in [0.2, 0.25) is 0 Å². The zero-order valence-electron chi connectivity index (χ0n) is 12.2. The monoisotopic (exact) mass is 286 g/mol. The summed E-state index contributed by atoms with van der Waals surface area (Å²) in [6, 6.07) is 5.42. The van der Waals surface area contributed by atoms with Crippen LogP contribution >= 0.6 is 0 Å². The molecular weight excluding hydrogens is 268 g/mol. The molecule has 4 heteroatoms. The molecule has 0 aliphatic carbocycles. The number of carbonyl (C=O) groups is 1. The Labute approximate surface area is 123 Å². The summed E-state index contributed by atoms with van der Waals surface area (Å²) in [5.74, 6) is -0.452. The SMILES string of the molecule is CCCCOC(=O)/C=C/c1coc2ccc(C)cc2c1=O. The molecule has 4 nitrogen and oxygen atoms in total. The second-order valence-electron chi connectivity index (χ2n) is 4.87. The zero-order valence-corrected chi connectivity index (χ0v) is 12.2. The van der Waals surface area contributed by atoms with Gasteiger partial charge in [0.25, 0.3) is 0 Å². The van der Waals surface area contributed by atoms with Gasteiger partial charge in [-0.15, -0.1) is 0 Å². The first-order chi connectivity index (χ1) is 10.1. The van der Waals surface area contributed by atoms with E-state index in [1.54, 1.807) is 12.1 Å². The quantitative estimate of drug-likeness (QED) is 0.480. The molecule has 0 atom stereocenters. The number of benzene rings is 1. The van der Waals surface area contributed by atoms with Crippen LogP contribution in [-0.4, -0.2) is 12.6 Å². The van der Waals surface area contributed by atoms with Crippen molar-refractivity contribution in [3.05, 3.63) is 51.9 Å². The first kappa shape index (κ1) is 15.0. The Bertz CT molecular complexity index is 725. The number of esters is 1. The summed E-state index contributed by atoms with van der Waals surface area (Å²) in [5, 5.41) is 0.511. The third-order valence-electron chi connectivity index (χ3n) is 3.10. The first-order valence-electron chi connectivity index (χ1n) is 6.99. The standard InChI is InChI=1S/C17H18O4/c1-3-4-9-20-16(18)8-6-13-11-21-15-7-5-12(2)10-14(15)17(13)19/h5-8,10-11H,3-4,9H2,1-2H3/b8-6+. The summed E-state index contributed by atoms with van der Waals surface area (Å²) in [6.45, 7) is 4.32.